The average molecular weight is 251 g/mol. The van der Waals surface area contributed by atoms with E-state index in [1.807, 2.05) is 19.1 Å². The maximum atomic E-state index is 12.1. The number of aromatic nitrogens is 1. The minimum Gasteiger partial charge on any atom is -0.480 e. The van der Waals surface area contributed by atoms with Crippen LogP contribution in [0, 0.1) is 0 Å². The number of fused-ring (bicyclic) bond motifs is 1. The Morgan fingerprint density at radius 2 is 2.18 bits per heavy atom. The first-order valence-corrected chi connectivity index (χ1v) is 6.26. The summed E-state index contributed by atoms with van der Waals surface area (Å²) in [5.74, 6) is -0.944. The molecule has 0 aliphatic carbocycles. The summed E-state index contributed by atoms with van der Waals surface area (Å²) in [4.78, 5) is 23.2. The van der Waals surface area contributed by atoms with Crippen molar-refractivity contribution in [2.45, 2.75) is 25.8 Å². The zero-order chi connectivity index (χ0) is 12.4. The van der Waals surface area contributed by atoms with Crippen molar-refractivity contribution in [3.8, 4) is 0 Å². The van der Waals surface area contributed by atoms with Gasteiger partial charge in [-0.05, 0) is 18.6 Å². The number of hydrogen-bond donors (Lipinski definition) is 1. The summed E-state index contributed by atoms with van der Waals surface area (Å²) in [7, 11) is 0. The quantitative estimate of drug-likeness (QED) is 0.908. The molecule has 2 aromatic rings. The van der Waals surface area contributed by atoms with Crippen LogP contribution in [0.1, 0.15) is 25.8 Å². The molecule has 0 spiro atoms. The molecule has 0 bridgehead atoms. The van der Waals surface area contributed by atoms with Crippen LogP contribution in [0.2, 0.25) is 0 Å². The van der Waals surface area contributed by atoms with Gasteiger partial charge in [-0.1, -0.05) is 37.0 Å². The second-order valence-corrected chi connectivity index (χ2v) is 4.88. The predicted molar refractivity (Wildman–Crippen MR) is 67.7 cm³/mol. The van der Waals surface area contributed by atoms with Gasteiger partial charge in [0, 0.05) is 0 Å². The molecule has 0 saturated carbocycles. The molecule has 0 radical (unpaired) electrons. The molecule has 1 heterocycles. The number of carboxylic acid groups (broad SMARTS) is 1. The summed E-state index contributed by atoms with van der Waals surface area (Å²) in [5.41, 5.74) is -0.202. The van der Waals surface area contributed by atoms with Crippen LogP contribution in [0.3, 0.4) is 0 Å². The van der Waals surface area contributed by atoms with Crippen molar-refractivity contribution in [3.05, 3.63) is 34.6 Å². The van der Waals surface area contributed by atoms with E-state index in [-0.39, 0.29) is 5.56 Å². The lowest BCUT2D eigenvalue weighted by atomic mass is 10.2. The molecule has 17 heavy (non-hydrogen) atoms. The van der Waals surface area contributed by atoms with E-state index < -0.39 is 12.0 Å². The molecule has 4 nitrogen and oxygen atoms in total. The Labute approximate surface area is 102 Å². The van der Waals surface area contributed by atoms with E-state index in [0.717, 1.165) is 11.1 Å². The van der Waals surface area contributed by atoms with Gasteiger partial charge < -0.3 is 5.11 Å². The molecule has 0 amide bonds. The fourth-order valence-electron chi connectivity index (χ4n) is 1.81. The van der Waals surface area contributed by atoms with Crippen LogP contribution >= 0.6 is 11.5 Å². The molecule has 0 fully saturated rings. The molecule has 0 aliphatic heterocycles. The van der Waals surface area contributed by atoms with Crippen molar-refractivity contribution in [2.75, 3.05) is 0 Å². The van der Waals surface area contributed by atoms with Crippen molar-refractivity contribution in [2.24, 2.45) is 0 Å². The van der Waals surface area contributed by atoms with Crippen molar-refractivity contribution in [1.29, 1.82) is 0 Å². The largest absolute Gasteiger partial charge is 0.480 e. The minimum absolute atomic E-state index is 0.202. The molecule has 0 aliphatic rings. The van der Waals surface area contributed by atoms with Gasteiger partial charge in [0.15, 0.2) is 0 Å². The Morgan fingerprint density at radius 3 is 2.76 bits per heavy atom. The van der Waals surface area contributed by atoms with E-state index in [1.165, 1.54) is 15.5 Å². The van der Waals surface area contributed by atoms with Gasteiger partial charge in [0.2, 0.25) is 0 Å². The van der Waals surface area contributed by atoms with Crippen LogP contribution in [0.15, 0.2) is 29.1 Å². The number of benzene rings is 1. The number of nitrogens with zero attached hydrogens (tertiary/aromatic N) is 1. The van der Waals surface area contributed by atoms with Gasteiger partial charge in [-0.3, -0.25) is 4.79 Å². The molecule has 1 aromatic carbocycles. The van der Waals surface area contributed by atoms with Crippen molar-refractivity contribution in [3.63, 3.8) is 0 Å². The monoisotopic (exact) mass is 251 g/mol. The minimum atomic E-state index is -0.944. The standard InChI is InChI=1S/C12H13NO3S/c1-2-5-9(12(15)16)13-11(14)8-6-3-4-7-10(8)17-13/h3-4,6-7,9H,2,5H2,1H3,(H,15,16)/t9-/m1/s1. The highest BCUT2D eigenvalue weighted by molar-refractivity contribution is 7.13. The van der Waals surface area contributed by atoms with Crippen LogP contribution in [0.4, 0.5) is 0 Å². The van der Waals surface area contributed by atoms with Gasteiger partial charge in [0.25, 0.3) is 5.56 Å². The Bertz CT molecular complexity index is 599. The topological polar surface area (TPSA) is 59.3 Å². The van der Waals surface area contributed by atoms with Crippen molar-refractivity contribution in [1.82, 2.24) is 3.96 Å². The Balaban J connectivity index is 2.57. The number of carboxylic acids is 1. The van der Waals surface area contributed by atoms with Gasteiger partial charge in [-0.2, -0.15) is 0 Å². The predicted octanol–water partition coefficient (Wildman–Crippen LogP) is 2.49. The molecule has 0 saturated heterocycles. The lowest BCUT2D eigenvalue weighted by molar-refractivity contribution is -0.140. The van der Waals surface area contributed by atoms with E-state index in [0.29, 0.717) is 11.8 Å². The second kappa shape index (κ2) is 4.71. The highest BCUT2D eigenvalue weighted by atomic mass is 32.1. The first kappa shape index (κ1) is 11.9. The summed E-state index contributed by atoms with van der Waals surface area (Å²) < 4.78 is 2.20. The summed E-state index contributed by atoms with van der Waals surface area (Å²) in [5, 5.41) is 9.75. The van der Waals surface area contributed by atoms with Gasteiger partial charge in [0.05, 0.1) is 10.1 Å². The Kier molecular flexibility index (Phi) is 3.28. The summed E-state index contributed by atoms with van der Waals surface area (Å²) in [6.45, 7) is 1.91. The first-order valence-electron chi connectivity index (χ1n) is 5.48. The van der Waals surface area contributed by atoms with Crippen molar-refractivity contribution >= 4 is 27.6 Å². The third-order valence-electron chi connectivity index (χ3n) is 2.64. The van der Waals surface area contributed by atoms with Gasteiger partial charge in [-0.15, -0.1) is 0 Å². The van der Waals surface area contributed by atoms with Crippen LogP contribution in [0.5, 0.6) is 0 Å². The van der Waals surface area contributed by atoms with E-state index in [1.54, 1.807) is 12.1 Å². The third-order valence-corrected chi connectivity index (χ3v) is 3.81. The van der Waals surface area contributed by atoms with Crippen LogP contribution in [-0.2, 0) is 4.79 Å². The molecule has 1 atom stereocenters. The second-order valence-electron chi connectivity index (χ2n) is 3.86. The fraction of sp³-hybridized carbons (Fsp3) is 0.333. The molecule has 90 valence electrons. The lowest BCUT2D eigenvalue weighted by Gasteiger charge is -2.10. The molecule has 1 N–H and O–H groups in total. The Morgan fingerprint density at radius 1 is 1.47 bits per heavy atom. The summed E-state index contributed by atoms with van der Waals surface area (Å²) >= 11 is 1.22. The molecule has 0 unspecified atom stereocenters. The van der Waals surface area contributed by atoms with E-state index in [2.05, 4.69) is 0 Å². The average Bonchev–Trinajstić information content (AvgIpc) is 2.64. The summed E-state index contributed by atoms with van der Waals surface area (Å²) in [6.07, 6.45) is 1.21. The van der Waals surface area contributed by atoms with Crippen LogP contribution < -0.4 is 5.56 Å². The zero-order valence-electron chi connectivity index (χ0n) is 9.42. The van der Waals surface area contributed by atoms with Crippen molar-refractivity contribution < 1.29 is 9.90 Å². The molecular weight excluding hydrogens is 238 g/mol. The highest BCUT2D eigenvalue weighted by Gasteiger charge is 2.22. The highest BCUT2D eigenvalue weighted by Crippen LogP contribution is 2.22. The lowest BCUT2D eigenvalue weighted by Crippen LogP contribution is -2.25. The number of hydrogen-bond acceptors (Lipinski definition) is 3. The van der Waals surface area contributed by atoms with E-state index >= 15 is 0 Å². The SMILES string of the molecule is CCC[C@H](C(=O)O)n1sc2ccccc2c1=O. The first-order chi connectivity index (χ1) is 8.15. The summed E-state index contributed by atoms with van der Waals surface area (Å²) in [6, 6.07) is 6.46. The smallest absolute Gasteiger partial charge is 0.327 e. The van der Waals surface area contributed by atoms with E-state index in [4.69, 9.17) is 5.11 Å². The molecule has 1 aromatic heterocycles. The number of carbonyl (C=O) groups is 1. The third kappa shape index (κ3) is 2.10. The normalized spacial score (nSPS) is 12.8. The van der Waals surface area contributed by atoms with Crippen LogP contribution in [0.25, 0.3) is 10.1 Å². The fourth-order valence-corrected chi connectivity index (χ4v) is 2.92. The van der Waals surface area contributed by atoms with E-state index in [9.17, 15) is 9.59 Å². The maximum absolute atomic E-state index is 12.1. The van der Waals surface area contributed by atoms with Gasteiger partial charge >= 0.3 is 5.97 Å². The number of aliphatic carboxylic acids is 1. The maximum Gasteiger partial charge on any atom is 0.327 e. The zero-order valence-corrected chi connectivity index (χ0v) is 10.2. The van der Waals surface area contributed by atoms with Gasteiger partial charge in [0.1, 0.15) is 6.04 Å². The van der Waals surface area contributed by atoms with Crippen LogP contribution in [-0.4, -0.2) is 15.0 Å². The molecular formula is C12H13NO3S. The molecule has 2 rings (SSSR count). The molecule has 5 heteroatoms. The number of rotatable bonds is 4. The van der Waals surface area contributed by atoms with Gasteiger partial charge in [-0.25, -0.2) is 8.75 Å². The Hall–Kier alpha value is -1.62.